The summed E-state index contributed by atoms with van der Waals surface area (Å²) in [6, 6.07) is 1.97. The molecule has 0 aliphatic rings. The average Bonchev–Trinajstić information content (AvgIpc) is 2.32. The van der Waals surface area contributed by atoms with Gasteiger partial charge in [0, 0.05) is 12.1 Å². The second-order valence-corrected chi connectivity index (χ2v) is 6.11. The molecule has 0 spiro atoms. The van der Waals surface area contributed by atoms with Gasteiger partial charge in [0.25, 0.3) is 0 Å². The quantitative estimate of drug-likeness (QED) is 0.669. The summed E-state index contributed by atoms with van der Waals surface area (Å²) in [7, 11) is -2.18. The molecule has 0 atom stereocenters. The van der Waals surface area contributed by atoms with Crippen LogP contribution in [0, 0.1) is 11.6 Å². The van der Waals surface area contributed by atoms with Crippen molar-refractivity contribution in [3.63, 3.8) is 0 Å². The van der Waals surface area contributed by atoms with E-state index >= 15 is 0 Å². The molecule has 1 aromatic rings. The fourth-order valence-corrected chi connectivity index (χ4v) is 1.99. The van der Waals surface area contributed by atoms with E-state index < -0.39 is 27.3 Å². The third-order valence-electron chi connectivity index (χ3n) is 2.31. The number of thiocarbonyl (C=S) groups is 1. The maximum atomic E-state index is 13.6. The summed E-state index contributed by atoms with van der Waals surface area (Å²) in [5.74, 6) is -2.08. The number of benzene rings is 1. The van der Waals surface area contributed by atoms with Gasteiger partial charge in [-0.3, -0.25) is 0 Å². The van der Waals surface area contributed by atoms with Crippen molar-refractivity contribution >= 4 is 32.9 Å². The molecule has 0 aliphatic heterocycles. The molecule has 0 heterocycles. The lowest BCUT2D eigenvalue weighted by atomic mass is 10.2. The first-order chi connectivity index (χ1) is 8.76. The Morgan fingerprint density at radius 3 is 2.32 bits per heavy atom. The van der Waals surface area contributed by atoms with E-state index in [2.05, 4.69) is 22.3 Å². The summed E-state index contributed by atoms with van der Waals surface area (Å²) in [6.07, 6.45) is 0. The first kappa shape index (κ1) is 15.7. The van der Waals surface area contributed by atoms with Crippen LogP contribution in [-0.2, 0) is 10.0 Å². The lowest BCUT2D eigenvalue weighted by molar-refractivity contribution is 0.582. The maximum absolute atomic E-state index is 13.6. The van der Waals surface area contributed by atoms with E-state index in [0.29, 0.717) is 0 Å². The molecule has 19 heavy (non-hydrogen) atoms. The van der Waals surface area contributed by atoms with E-state index in [1.165, 1.54) is 7.05 Å². The van der Waals surface area contributed by atoms with Gasteiger partial charge in [-0.05, 0) is 19.2 Å². The molecule has 0 aliphatic carbocycles. The van der Waals surface area contributed by atoms with Crippen molar-refractivity contribution in [1.29, 1.82) is 0 Å². The smallest absolute Gasteiger partial charge is 0.213 e. The normalized spacial score (nSPS) is 11.3. The van der Waals surface area contributed by atoms with Gasteiger partial charge in [-0.25, -0.2) is 21.9 Å². The Hall–Kier alpha value is -1.32. The van der Waals surface area contributed by atoms with Gasteiger partial charge < -0.3 is 11.1 Å². The molecule has 106 valence electrons. The highest BCUT2D eigenvalue weighted by Gasteiger charge is 2.13. The van der Waals surface area contributed by atoms with E-state index in [4.69, 9.17) is 5.73 Å². The van der Waals surface area contributed by atoms with Gasteiger partial charge in [-0.15, -0.1) is 0 Å². The van der Waals surface area contributed by atoms with Crippen LogP contribution in [0.4, 0.5) is 14.5 Å². The van der Waals surface area contributed by atoms with Gasteiger partial charge in [-0.1, -0.05) is 12.2 Å². The molecule has 5 nitrogen and oxygen atoms in total. The van der Waals surface area contributed by atoms with Crippen molar-refractivity contribution in [3.8, 4) is 0 Å². The largest absolute Gasteiger partial charge is 0.389 e. The van der Waals surface area contributed by atoms with Crippen molar-refractivity contribution in [2.45, 2.75) is 0 Å². The molecule has 1 aromatic carbocycles. The molecular weight excluding hydrogens is 296 g/mol. The minimum Gasteiger partial charge on any atom is -0.389 e. The number of halogens is 2. The molecule has 0 unspecified atom stereocenters. The SMILES string of the molecule is CNS(=O)(=O)CCNc1c(F)cc(C(N)=S)cc1F. The molecular formula is C10H13F2N3O2S2. The zero-order valence-electron chi connectivity index (χ0n) is 10.0. The van der Waals surface area contributed by atoms with Crippen LogP contribution in [0.5, 0.6) is 0 Å². The first-order valence-electron chi connectivity index (χ1n) is 5.21. The van der Waals surface area contributed by atoms with E-state index in [1.807, 2.05) is 0 Å². The Morgan fingerprint density at radius 1 is 1.37 bits per heavy atom. The summed E-state index contributed by atoms with van der Waals surface area (Å²) in [6.45, 7) is -0.135. The Labute approximate surface area is 115 Å². The molecule has 0 amide bonds. The topological polar surface area (TPSA) is 84.2 Å². The van der Waals surface area contributed by atoms with Gasteiger partial charge in [0.1, 0.15) is 22.3 Å². The van der Waals surface area contributed by atoms with Crippen LogP contribution in [-0.4, -0.2) is 32.8 Å². The highest BCUT2D eigenvalue weighted by Crippen LogP contribution is 2.20. The Balaban J connectivity index is 2.83. The number of nitrogens with two attached hydrogens (primary N) is 1. The molecule has 4 N–H and O–H groups in total. The monoisotopic (exact) mass is 309 g/mol. The standard InChI is InChI=1S/C10H13F2N3O2S2/c1-14-19(16,17)3-2-15-9-7(11)4-6(10(13)18)5-8(9)12/h4-5,14-15H,2-3H2,1H3,(H2,13,18). The summed E-state index contributed by atoms with van der Waals surface area (Å²) in [4.78, 5) is -0.123. The molecule has 0 saturated carbocycles. The van der Waals surface area contributed by atoms with Gasteiger partial charge in [-0.2, -0.15) is 0 Å². The maximum Gasteiger partial charge on any atom is 0.213 e. The fourth-order valence-electron chi connectivity index (χ4n) is 1.30. The van der Waals surface area contributed by atoms with Crippen LogP contribution in [0.1, 0.15) is 5.56 Å². The van der Waals surface area contributed by atoms with Crippen LogP contribution in [0.15, 0.2) is 12.1 Å². The highest BCUT2D eigenvalue weighted by molar-refractivity contribution is 7.89. The van der Waals surface area contributed by atoms with Crippen molar-refractivity contribution < 1.29 is 17.2 Å². The van der Waals surface area contributed by atoms with Crippen LogP contribution in [0.3, 0.4) is 0 Å². The number of nitrogens with one attached hydrogen (secondary N) is 2. The van der Waals surface area contributed by atoms with Crippen molar-refractivity contribution in [3.05, 3.63) is 29.3 Å². The summed E-state index contributed by atoms with van der Waals surface area (Å²) in [5.41, 5.74) is 4.92. The number of rotatable bonds is 6. The first-order valence-corrected chi connectivity index (χ1v) is 7.27. The third-order valence-corrected chi connectivity index (χ3v) is 3.91. The molecule has 9 heteroatoms. The minimum atomic E-state index is -3.44. The van der Waals surface area contributed by atoms with Gasteiger partial charge in [0.2, 0.25) is 10.0 Å². The second-order valence-electron chi connectivity index (χ2n) is 3.63. The molecule has 0 radical (unpaired) electrons. The second kappa shape index (κ2) is 6.22. The third kappa shape index (κ3) is 4.37. The van der Waals surface area contributed by atoms with E-state index in [0.717, 1.165) is 12.1 Å². The van der Waals surface area contributed by atoms with Crippen LogP contribution in [0.25, 0.3) is 0 Å². The Morgan fingerprint density at radius 2 is 1.89 bits per heavy atom. The number of hydrogen-bond acceptors (Lipinski definition) is 4. The molecule has 1 rings (SSSR count). The lowest BCUT2D eigenvalue weighted by Gasteiger charge is -2.10. The number of hydrogen-bond donors (Lipinski definition) is 3. The molecule has 0 bridgehead atoms. The summed E-state index contributed by atoms with van der Waals surface area (Å²) in [5, 5.41) is 2.38. The van der Waals surface area contributed by atoms with E-state index in [9.17, 15) is 17.2 Å². The van der Waals surface area contributed by atoms with Gasteiger partial charge in [0.15, 0.2) is 0 Å². The summed E-state index contributed by atoms with van der Waals surface area (Å²) >= 11 is 4.61. The minimum absolute atomic E-state index is 0.0680. The van der Waals surface area contributed by atoms with Crippen molar-refractivity contribution in [2.75, 3.05) is 24.7 Å². The number of anilines is 1. The van der Waals surface area contributed by atoms with Crippen molar-refractivity contribution in [2.24, 2.45) is 5.73 Å². The molecule has 0 fully saturated rings. The summed E-state index contributed by atoms with van der Waals surface area (Å²) < 4.78 is 51.5. The zero-order valence-corrected chi connectivity index (χ0v) is 11.7. The number of sulfonamides is 1. The molecule has 0 aromatic heterocycles. The highest BCUT2D eigenvalue weighted by atomic mass is 32.2. The van der Waals surface area contributed by atoms with Crippen LogP contribution < -0.4 is 15.8 Å². The fraction of sp³-hybridized carbons (Fsp3) is 0.300. The zero-order chi connectivity index (χ0) is 14.6. The average molecular weight is 309 g/mol. The molecule has 0 saturated heterocycles. The van der Waals surface area contributed by atoms with Gasteiger partial charge >= 0.3 is 0 Å². The van der Waals surface area contributed by atoms with E-state index in [1.54, 1.807) is 0 Å². The Bertz CT molecular complexity index is 567. The van der Waals surface area contributed by atoms with E-state index in [-0.39, 0.29) is 22.8 Å². The lowest BCUT2D eigenvalue weighted by Crippen LogP contribution is -2.26. The predicted molar refractivity (Wildman–Crippen MR) is 73.6 cm³/mol. The van der Waals surface area contributed by atoms with Gasteiger partial charge in [0.05, 0.1) is 5.75 Å². The Kier molecular flexibility index (Phi) is 5.15. The van der Waals surface area contributed by atoms with Crippen LogP contribution >= 0.6 is 12.2 Å². The van der Waals surface area contributed by atoms with Crippen molar-refractivity contribution in [1.82, 2.24) is 4.72 Å². The predicted octanol–water partition coefficient (Wildman–Crippen LogP) is 0.560. The van der Waals surface area contributed by atoms with Crippen LogP contribution in [0.2, 0.25) is 0 Å².